The second kappa shape index (κ2) is 5.30. The van der Waals surface area contributed by atoms with E-state index in [1.165, 1.54) is 0 Å². The highest BCUT2D eigenvalue weighted by Gasteiger charge is 2.18. The monoisotopic (exact) mass is 322 g/mol. The van der Waals surface area contributed by atoms with Crippen LogP contribution in [-0.2, 0) is 0 Å². The van der Waals surface area contributed by atoms with Gasteiger partial charge in [-0.25, -0.2) is 4.68 Å². The minimum Gasteiger partial charge on any atom is -0.494 e. The third-order valence-electron chi connectivity index (χ3n) is 4.13. The molecule has 4 aromatic rings. The summed E-state index contributed by atoms with van der Waals surface area (Å²) in [5.41, 5.74) is 4.41. The molecule has 0 spiro atoms. The normalized spacial score (nSPS) is 11.5. The average molecular weight is 322 g/mol. The molecule has 3 aromatic heterocycles. The van der Waals surface area contributed by atoms with Crippen LogP contribution in [0.4, 0.5) is 0 Å². The van der Waals surface area contributed by atoms with Gasteiger partial charge in [-0.05, 0) is 52.0 Å². The highest BCUT2D eigenvalue weighted by atomic mass is 16.5. The summed E-state index contributed by atoms with van der Waals surface area (Å²) in [4.78, 5) is 0. The molecule has 0 unspecified atom stereocenters. The summed E-state index contributed by atoms with van der Waals surface area (Å²) < 4.78 is 9.16. The molecule has 0 fully saturated rings. The first-order chi connectivity index (χ1) is 11.6. The number of hydrogen-bond acceptors (Lipinski definition) is 5. The smallest absolute Gasteiger partial charge is 0.206 e. The van der Waals surface area contributed by atoms with Gasteiger partial charge in [-0.15, -0.1) is 10.2 Å². The molecular weight excluding hydrogens is 304 g/mol. The van der Waals surface area contributed by atoms with Gasteiger partial charge in [0.1, 0.15) is 11.3 Å². The number of nitrogens with zero attached hydrogens (tertiary/aromatic N) is 6. The topological polar surface area (TPSA) is 70.1 Å². The first-order valence-electron chi connectivity index (χ1n) is 7.91. The van der Waals surface area contributed by atoms with Gasteiger partial charge in [0.15, 0.2) is 5.82 Å². The molecule has 122 valence electrons. The van der Waals surface area contributed by atoms with E-state index in [1.54, 1.807) is 4.52 Å². The summed E-state index contributed by atoms with van der Waals surface area (Å²) >= 11 is 0. The van der Waals surface area contributed by atoms with Gasteiger partial charge in [0, 0.05) is 0 Å². The van der Waals surface area contributed by atoms with Crippen molar-refractivity contribution in [3.63, 3.8) is 0 Å². The molecular formula is C17H18N6O. The Labute approximate surface area is 138 Å². The summed E-state index contributed by atoms with van der Waals surface area (Å²) in [5.74, 6) is 1.60. The van der Waals surface area contributed by atoms with Crippen molar-refractivity contribution in [2.45, 2.75) is 27.7 Å². The number of hydrogen-bond donors (Lipinski definition) is 0. The van der Waals surface area contributed by atoms with Crippen molar-refractivity contribution in [3.05, 3.63) is 41.5 Å². The van der Waals surface area contributed by atoms with Crippen LogP contribution in [0.2, 0.25) is 0 Å². The summed E-state index contributed by atoms with van der Waals surface area (Å²) in [7, 11) is 0. The van der Waals surface area contributed by atoms with Gasteiger partial charge in [-0.3, -0.25) is 0 Å². The zero-order chi connectivity index (χ0) is 16.8. The van der Waals surface area contributed by atoms with Crippen LogP contribution in [0.25, 0.3) is 22.2 Å². The Hall–Kier alpha value is -2.96. The van der Waals surface area contributed by atoms with Gasteiger partial charge in [-0.2, -0.15) is 14.7 Å². The Kier molecular flexibility index (Phi) is 3.23. The fourth-order valence-corrected chi connectivity index (χ4v) is 3.02. The van der Waals surface area contributed by atoms with E-state index in [1.807, 2.05) is 56.6 Å². The maximum Gasteiger partial charge on any atom is 0.206 e. The third-order valence-corrected chi connectivity index (χ3v) is 4.13. The molecule has 1 aromatic carbocycles. The second-order valence-corrected chi connectivity index (χ2v) is 5.72. The summed E-state index contributed by atoms with van der Waals surface area (Å²) in [5, 5.41) is 18.7. The van der Waals surface area contributed by atoms with E-state index in [0.29, 0.717) is 12.3 Å². The van der Waals surface area contributed by atoms with Crippen LogP contribution in [0.1, 0.15) is 24.1 Å². The largest absolute Gasteiger partial charge is 0.494 e. The standard InChI is InChI=1S/C17H18N6O/c1-5-24-14-8-6-13(7-9-14)22-11(3)15-10(2)20-23-12(4)18-19-17(23)16(15)21-22/h6-9H,5H2,1-4H3. The summed E-state index contributed by atoms with van der Waals surface area (Å²) in [6, 6.07) is 7.90. The predicted octanol–water partition coefficient (Wildman–Crippen LogP) is 2.79. The molecule has 24 heavy (non-hydrogen) atoms. The molecule has 4 rings (SSSR count). The number of benzene rings is 1. The predicted molar refractivity (Wildman–Crippen MR) is 90.8 cm³/mol. The molecule has 0 atom stereocenters. The zero-order valence-corrected chi connectivity index (χ0v) is 14.1. The lowest BCUT2D eigenvalue weighted by atomic mass is 10.2. The quantitative estimate of drug-likeness (QED) is 0.580. The van der Waals surface area contributed by atoms with Crippen LogP contribution >= 0.6 is 0 Å². The van der Waals surface area contributed by atoms with E-state index < -0.39 is 0 Å². The van der Waals surface area contributed by atoms with Gasteiger partial charge >= 0.3 is 0 Å². The van der Waals surface area contributed by atoms with Crippen molar-refractivity contribution in [1.82, 2.24) is 29.6 Å². The van der Waals surface area contributed by atoms with Gasteiger partial charge in [0.25, 0.3) is 0 Å². The van der Waals surface area contributed by atoms with E-state index in [2.05, 4.69) is 15.3 Å². The average Bonchev–Trinajstić information content (AvgIpc) is 3.10. The Bertz CT molecular complexity index is 1040. The number of rotatable bonds is 3. The fourth-order valence-electron chi connectivity index (χ4n) is 3.02. The molecule has 0 radical (unpaired) electrons. The maximum absolute atomic E-state index is 5.50. The van der Waals surface area contributed by atoms with Crippen LogP contribution < -0.4 is 4.74 Å². The Balaban J connectivity index is 1.95. The number of fused-ring (bicyclic) bond motifs is 3. The molecule has 0 saturated heterocycles. The Morgan fingerprint density at radius 1 is 1.00 bits per heavy atom. The van der Waals surface area contributed by atoms with Gasteiger partial charge in [0.2, 0.25) is 5.65 Å². The van der Waals surface area contributed by atoms with Gasteiger partial charge in [-0.1, -0.05) is 0 Å². The number of ether oxygens (including phenoxy) is 1. The molecule has 0 bridgehead atoms. The van der Waals surface area contributed by atoms with Crippen molar-refractivity contribution in [2.75, 3.05) is 6.61 Å². The maximum atomic E-state index is 5.50. The summed E-state index contributed by atoms with van der Waals surface area (Å²) in [6.07, 6.45) is 0. The first kappa shape index (κ1) is 14.6. The minimum atomic E-state index is 0.652. The molecule has 0 aliphatic carbocycles. The molecule has 0 aliphatic rings. The van der Waals surface area contributed by atoms with Crippen LogP contribution in [0, 0.1) is 20.8 Å². The molecule has 0 amide bonds. The van der Waals surface area contributed by atoms with Crippen LogP contribution in [-0.4, -0.2) is 36.2 Å². The lowest BCUT2D eigenvalue weighted by Gasteiger charge is -2.06. The molecule has 3 heterocycles. The lowest BCUT2D eigenvalue weighted by Crippen LogP contribution is -1.99. The number of aryl methyl sites for hydroxylation is 3. The fraction of sp³-hybridized carbons (Fsp3) is 0.294. The molecule has 7 heteroatoms. The minimum absolute atomic E-state index is 0.652. The lowest BCUT2D eigenvalue weighted by molar-refractivity contribution is 0.340. The van der Waals surface area contributed by atoms with Crippen molar-refractivity contribution in [1.29, 1.82) is 0 Å². The highest BCUT2D eigenvalue weighted by Crippen LogP contribution is 2.26. The Morgan fingerprint density at radius 3 is 2.46 bits per heavy atom. The molecule has 0 N–H and O–H groups in total. The Morgan fingerprint density at radius 2 is 1.75 bits per heavy atom. The van der Waals surface area contributed by atoms with E-state index >= 15 is 0 Å². The van der Waals surface area contributed by atoms with E-state index in [4.69, 9.17) is 9.84 Å². The highest BCUT2D eigenvalue weighted by molar-refractivity contribution is 5.93. The van der Waals surface area contributed by atoms with E-state index in [-0.39, 0.29) is 0 Å². The van der Waals surface area contributed by atoms with Gasteiger partial charge < -0.3 is 4.74 Å². The van der Waals surface area contributed by atoms with Crippen LogP contribution in [0.15, 0.2) is 24.3 Å². The second-order valence-electron chi connectivity index (χ2n) is 5.72. The number of aromatic nitrogens is 6. The van der Waals surface area contributed by atoms with Crippen LogP contribution in [0.3, 0.4) is 0 Å². The zero-order valence-electron chi connectivity index (χ0n) is 14.1. The molecule has 0 saturated carbocycles. The van der Waals surface area contributed by atoms with Crippen molar-refractivity contribution < 1.29 is 4.74 Å². The van der Waals surface area contributed by atoms with E-state index in [0.717, 1.165) is 39.6 Å². The van der Waals surface area contributed by atoms with Crippen molar-refractivity contribution >= 4 is 16.6 Å². The first-order valence-corrected chi connectivity index (χ1v) is 7.91. The van der Waals surface area contributed by atoms with Crippen molar-refractivity contribution in [3.8, 4) is 11.4 Å². The van der Waals surface area contributed by atoms with Crippen LogP contribution in [0.5, 0.6) is 5.75 Å². The van der Waals surface area contributed by atoms with E-state index in [9.17, 15) is 0 Å². The van der Waals surface area contributed by atoms with Crippen molar-refractivity contribution in [2.24, 2.45) is 0 Å². The molecule has 7 nitrogen and oxygen atoms in total. The molecule has 0 aliphatic heterocycles. The van der Waals surface area contributed by atoms with Gasteiger partial charge in [0.05, 0.1) is 29.1 Å². The summed E-state index contributed by atoms with van der Waals surface area (Å²) in [6.45, 7) is 8.53. The third kappa shape index (κ3) is 2.05. The SMILES string of the molecule is CCOc1ccc(-n2nc3c(c(C)nn4c(C)nnc34)c2C)cc1.